The third-order valence-corrected chi connectivity index (χ3v) is 5.03. The van der Waals surface area contributed by atoms with Crippen LogP contribution in [0.5, 0.6) is 0 Å². The van der Waals surface area contributed by atoms with Gasteiger partial charge in [0.1, 0.15) is 6.54 Å². The van der Waals surface area contributed by atoms with E-state index < -0.39 is 0 Å². The minimum Gasteiger partial charge on any atom is -0.205 e. The zero-order chi connectivity index (χ0) is 17.7. The summed E-state index contributed by atoms with van der Waals surface area (Å²) in [6.07, 6.45) is 17.5. The molecule has 0 fully saturated rings. The molecule has 0 aliphatic carbocycles. The summed E-state index contributed by atoms with van der Waals surface area (Å²) in [4.78, 5) is 0. The molecule has 1 aromatic heterocycles. The fraction of sp³-hybridized carbons (Fsp3) is 0.542. The van der Waals surface area contributed by atoms with Gasteiger partial charge in [-0.2, -0.15) is 0 Å². The molecule has 0 unspecified atom stereocenters. The van der Waals surface area contributed by atoms with E-state index in [4.69, 9.17) is 0 Å². The Balaban J connectivity index is 1.93. The Morgan fingerprint density at radius 2 is 1.36 bits per heavy atom. The molecule has 0 aliphatic rings. The first-order valence-corrected chi connectivity index (χ1v) is 10.4. The molecule has 1 nitrogen and oxygen atoms in total. The molecule has 0 saturated heterocycles. The number of nitrogens with zero attached hydrogens (tertiary/aromatic N) is 1. The first kappa shape index (κ1) is 19.7. The van der Waals surface area contributed by atoms with Gasteiger partial charge in [0.15, 0.2) is 12.4 Å². The molecule has 1 aromatic carbocycles. The lowest BCUT2D eigenvalue weighted by Gasteiger charge is -2.09. The van der Waals surface area contributed by atoms with Crippen LogP contribution in [-0.2, 0) is 25.8 Å². The van der Waals surface area contributed by atoms with Crippen molar-refractivity contribution >= 4 is 0 Å². The van der Waals surface area contributed by atoms with Gasteiger partial charge in [-0.3, -0.25) is 0 Å². The summed E-state index contributed by atoms with van der Waals surface area (Å²) in [5.74, 6) is 0. The van der Waals surface area contributed by atoms with Crippen LogP contribution in [0.2, 0.25) is 0 Å². The Hall–Kier alpha value is -1.63. The van der Waals surface area contributed by atoms with E-state index in [1.54, 1.807) is 11.1 Å². The summed E-state index contributed by atoms with van der Waals surface area (Å²) in [5.41, 5.74) is 4.62. The standard InChI is InChI=1S/C24H36N/c1-3-5-8-16-23-18-20-25(21-24(23)17-9-6-4-2)19-12-15-22-13-10-7-11-14-22/h7,10-11,13-14,18,20-21H,3-6,8-9,12,15-17,19H2,1-2H3/q+1. The molecular formula is C24H36N+. The highest BCUT2D eigenvalue weighted by molar-refractivity contribution is 5.21. The second-order valence-corrected chi connectivity index (χ2v) is 7.24. The van der Waals surface area contributed by atoms with Crippen molar-refractivity contribution in [1.82, 2.24) is 0 Å². The van der Waals surface area contributed by atoms with Gasteiger partial charge in [-0.1, -0.05) is 69.9 Å². The van der Waals surface area contributed by atoms with Crippen LogP contribution in [0, 0.1) is 0 Å². The van der Waals surface area contributed by atoms with E-state index >= 15 is 0 Å². The highest BCUT2D eigenvalue weighted by Crippen LogP contribution is 2.14. The number of aryl methyl sites for hydroxylation is 4. The van der Waals surface area contributed by atoms with Gasteiger partial charge < -0.3 is 0 Å². The highest BCUT2D eigenvalue weighted by Gasteiger charge is 2.09. The molecule has 2 aromatic rings. The summed E-state index contributed by atoms with van der Waals surface area (Å²) in [6.45, 7) is 5.69. The summed E-state index contributed by atoms with van der Waals surface area (Å²) in [7, 11) is 0. The van der Waals surface area contributed by atoms with Gasteiger partial charge in [-0.25, -0.2) is 4.57 Å². The van der Waals surface area contributed by atoms with Crippen LogP contribution in [-0.4, -0.2) is 0 Å². The molecule has 0 radical (unpaired) electrons. The average molecular weight is 339 g/mol. The fourth-order valence-corrected chi connectivity index (χ4v) is 3.47. The maximum absolute atomic E-state index is 2.43. The van der Waals surface area contributed by atoms with Crippen LogP contribution in [0.25, 0.3) is 0 Å². The summed E-state index contributed by atoms with van der Waals surface area (Å²) >= 11 is 0. The summed E-state index contributed by atoms with van der Waals surface area (Å²) < 4.78 is 2.41. The monoisotopic (exact) mass is 338 g/mol. The topological polar surface area (TPSA) is 3.88 Å². The molecule has 0 N–H and O–H groups in total. The maximum atomic E-state index is 2.43. The Morgan fingerprint density at radius 1 is 0.680 bits per heavy atom. The van der Waals surface area contributed by atoms with Gasteiger partial charge in [0, 0.05) is 18.1 Å². The van der Waals surface area contributed by atoms with E-state index in [1.807, 2.05) is 0 Å². The minimum absolute atomic E-state index is 1.12. The maximum Gasteiger partial charge on any atom is 0.172 e. The molecule has 1 heteroatoms. The van der Waals surface area contributed by atoms with Gasteiger partial charge in [0.25, 0.3) is 0 Å². The van der Waals surface area contributed by atoms with Crippen molar-refractivity contribution in [3.63, 3.8) is 0 Å². The van der Waals surface area contributed by atoms with Crippen LogP contribution in [0.3, 0.4) is 0 Å². The molecule has 0 spiro atoms. The van der Waals surface area contributed by atoms with E-state index in [0.29, 0.717) is 0 Å². The number of unbranched alkanes of at least 4 members (excludes halogenated alkanes) is 4. The Labute approximate surface area is 155 Å². The highest BCUT2D eigenvalue weighted by atomic mass is 14.9. The molecule has 0 aliphatic heterocycles. The largest absolute Gasteiger partial charge is 0.205 e. The number of pyridine rings is 1. The molecule has 0 atom stereocenters. The van der Waals surface area contributed by atoms with Crippen molar-refractivity contribution in [1.29, 1.82) is 0 Å². The Morgan fingerprint density at radius 3 is 2.04 bits per heavy atom. The van der Waals surface area contributed by atoms with Crippen molar-refractivity contribution in [2.45, 2.75) is 84.6 Å². The number of aromatic nitrogens is 1. The smallest absolute Gasteiger partial charge is 0.172 e. The third-order valence-electron chi connectivity index (χ3n) is 5.03. The molecule has 0 bridgehead atoms. The zero-order valence-corrected chi connectivity index (χ0v) is 16.3. The van der Waals surface area contributed by atoms with E-state index in [9.17, 15) is 0 Å². The zero-order valence-electron chi connectivity index (χ0n) is 16.3. The Kier molecular flexibility index (Phi) is 9.33. The lowest BCUT2D eigenvalue weighted by molar-refractivity contribution is -0.697. The van der Waals surface area contributed by atoms with Gasteiger partial charge in [-0.15, -0.1) is 0 Å². The van der Waals surface area contributed by atoms with E-state index in [0.717, 1.165) is 13.0 Å². The quantitative estimate of drug-likeness (QED) is 0.326. The van der Waals surface area contributed by atoms with Crippen molar-refractivity contribution in [3.8, 4) is 0 Å². The van der Waals surface area contributed by atoms with Crippen LogP contribution >= 0.6 is 0 Å². The molecule has 25 heavy (non-hydrogen) atoms. The lowest BCUT2D eigenvalue weighted by Crippen LogP contribution is -2.34. The fourth-order valence-electron chi connectivity index (χ4n) is 3.47. The molecule has 136 valence electrons. The summed E-state index contributed by atoms with van der Waals surface area (Å²) in [5, 5.41) is 0. The first-order valence-electron chi connectivity index (χ1n) is 10.4. The minimum atomic E-state index is 1.12. The lowest BCUT2D eigenvalue weighted by atomic mass is 9.99. The van der Waals surface area contributed by atoms with Crippen LogP contribution in [0.1, 0.15) is 75.5 Å². The second kappa shape index (κ2) is 11.8. The van der Waals surface area contributed by atoms with Crippen molar-refractivity contribution in [2.75, 3.05) is 0 Å². The molecule has 0 saturated carbocycles. The Bertz CT molecular complexity index is 588. The van der Waals surface area contributed by atoms with Gasteiger partial charge in [0.2, 0.25) is 0 Å². The van der Waals surface area contributed by atoms with Crippen molar-refractivity contribution < 1.29 is 4.57 Å². The number of hydrogen-bond donors (Lipinski definition) is 0. The molecule has 1 heterocycles. The summed E-state index contributed by atoms with van der Waals surface area (Å²) in [6, 6.07) is 13.2. The van der Waals surface area contributed by atoms with E-state index in [2.05, 4.69) is 67.2 Å². The average Bonchev–Trinajstić information content (AvgIpc) is 2.64. The molecular weight excluding hydrogens is 302 g/mol. The molecule has 2 rings (SSSR count). The van der Waals surface area contributed by atoms with Crippen LogP contribution in [0.15, 0.2) is 48.8 Å². The van der Waals surface area contributed by atoms with Gasteiger partial charge >= 0.3 is 0 Å². The van der Waals surface area contributed by atoms with Gasteiger partial charge in [0.05, 0.1) is 0 Å². The third kappa shape index (κ3) is 7.42. The normalized spacial score (nSPS) is 11.0. The van der Waals surface area contributed by atoms with E-state index in [-0.39, 0.29) is 0 Å². The van der Waals surface area contributed by atoms with Gasteiger partial charge in [-0.05, 0) is 43.2 Å². The predicted octanol–water partition coefficient (Wildman–Crippen LogP) is 6.07. The van der Waals surface area contributed by atoms with Crippen LogP contribution in [0.4, 0.5) is 0 Å². The molecule has 0 amide bonds. The predicted molar refractivity (Wildman–Crippen MR) is 108 cm³/mol. The second-order valence-electron chi connectivity index (χ2n) is 7.24. The number of hydrogen-bond acceptors (Lipinski definition) is 0. The van der Waals surface area contributed by atoms with Crippen LogP contribution < -0.4 is 4.57 Å². The number of benzene rings is 1. The van der Waals surface area contributed by atoms with Crippen molar-refractivity contribution in [2.24, 2.45) is 0 Å². The van der Waals surface area contributed by atoms with Crippen molar-refractivity contribution in [3.05, 3.63) is 65.5 Å². The SMILES string of the molecule is CCCCCc1cc[n+](CCCc2ccccc2)cc1CCCCC. The van der Waals surface area contributed by atoms with E-state index in [1.165, 1.54) is 63.4 Å². The number of rotatable bonds is 12. The first-order chi connectivity index (χ1) is 12.3.